The number of imidazole rings is 1. The summed E-state index contributed by atoms with van der Waals surface area (Å²) in [5, 5.41) is 4.16. The van der Waals surface area contributed by atoms with Crippen LogP contribution in [0.25, 0.3) is 5.65 Å². The predicted octanol–water partition coefficient (Wildman–Crippen LogP) is 1.46. The van der Waals surface area contributed by atoms with Crippen molar-refractivity contribution in [2.75, 3.05) is 0 Å². The van der Waals surface area contributed by atoms with Gasteiger partial charge in [-0.05, 0) is 35.4 Å². The maximum absolute atomic E-state index is 11.9. The normalized spacial score (nSPS) is 10.8. The van der Waals surface area contributed by atoms with E-state index >= 15 is 0 Å². The zero-order valence-corrected chi connectivity index (χ0v) is 10.8. The van der Waals surface area contributed by atoms with Crippen LogP contribution in [0.2, 0.25) is 0 Å². The van der Waals surface area contributed by atoms with Crippen molar-refractivity contribution in [1.29, 1.82) is 0 Å². The lowest BCUT2D eigenvalue weighted by atomic mass is 10.3. The summed E-state index contributed by atoms with van der Waals surface area (Å²) < 4.78 is 3.97. The van der Waals surface area contributed by atoms with E-state index in [2.05, 4.69) is 39.3 Å². The molecule has 2 rings (SSSR count). The van der Waals surface area contributed by atoms with Gasteiger partial charge in [0.1, 0.15) is 10.0 Å². The highest BCUT2D eigenvalue weighted by Gasteiger charge is 2.07. The minimum atomic E-state index is -0.0954. The quantitative estimate of drug-likeness (QED) is 0.485. The molecule has 0 fully saturated rings. The number of fused-ring (bicyclic) bond motifs is 1. The van der Waals surface area contributed by atoms with Gasteiger partial charge in [-0.2, -0.15) is 5.10 Å². The Hall–Kier alpha value is -1.18. The van der Waals surface area contributed by atoms with Crippen LogP contribution in [0.5, 0.6) is 0 Å². The molecule has 2 aromatic rings. The second kappa shape index (κ2) is 4.77. The third-order valence-electron chi connectivity index (χ3n) is 2.26. The van der Waals surface area contributed by atoms with Gasteiger partial charge < -0.3 is 0 Å². The van der Waals surface area contributed by atoms with Crippen LogP contribution < -0.4 is 5.56 Å². The summed E-state index contributed by atoms with van der Waals surface area (Å²) in [6.07, 6.45) is 6.82. The lowest BCUT2D eigenvalue weighted by molar-refractivity contribution is 0.603. The topological polar surface area (TPSA) is 52.2 Å². The van der Waals surface area contributed by atoms with E-state index < -0.39 is 0 Å². The molecule has 0 aliphatic carbocycles. The average molecular weight is 330 g/mol. The number of nitrogens with zero attached hydrogens (tertiary/aromatic N) is 4. The van der Waals surface area contributed by atoms with Gasteiger partial charge in [-0.15, -0.1) is 6.58 Å². The molecule has 0 aliphatic heterocycles. The number of hydrogen-bond acceptors (Lipinski definition) is 3. The monoisotopic (exact) mass is 330 g/mol. The van der Waals surface area contributed by atoms with Crippen LogP contribution in [0.4, 0.5) is 0 Å². The largest absolute Gasteiger partial charge is 0.296 e. The van der Waals surface area contributed by atoms with Gasteiger partial charge >= 0.3 is 0 Å². The smallest absolute Gasteiger partial charge is 0.295 e. The van der Waals surface area contributed by atoms with Gasteiger partial charge in [-0.1, -0.05) is 6.08 Å². The van der Waals surface area contributed by atoms with E-state index in [1.165, 1.54) is 0 Å². The number of halogens is 1. The fourth-order valence-corrected chi connectivity index (χ4v) is 1.93. The zero-order chi connectivity index (χ0) is 11.5. The van der Waals surface area contributed by atoms with Gasteiger partial charge in [-0.3, -0.25) is 9.36 Å². The predicted molar refractivity (Wildman–Crippen MR) is 69.4 cm³/mol. The van der Waals surface area contributed by atoms with Crippen LogP contribution in [0, 0.1) is 3.70 Å². The number of hydrogen-bond donors (Lipinski definition) is 0. The first kappa shape index (κ1) is 11.3. The average Bonchev–Trinajstić information content (AvgIpc) is 2.65. The molecule has 0 spiro atoms. The van der Waals surface area contributed by atoms with Crippen molar-refractivity contribution >= 4 is 28.2 Å². The lowest BCUT2D eigenvalue weighted by Gasteiger charge is -2.03. The van der Waals surface area contributed by atoms with Crippen LogP contribution in [0.15, 0.2) is 30.0 Å². The summed E-state index contributed by atoms with van der Waals surface area (Å²) in [5.74, 6) is 0. The van der Waals surface area contributed by atoms with E-state index in [4.69, 9.17) is 0 Å². The maximum Gasteiger partial charge on any atom is 0.296 e. The van der Waals surface area contributed by atoms with E-state index in [1.54, 1.807) is 21.6 Å². The Morgan fingerprint density at radius 2 is 2.38 bits per heavy atom. The molecule has 0 aromatic carbocycles. The molecule has 0 bridgehead atoms. The molecule has 0 amide bonds. The van der Waals surface area contributed by atoms with Crippen molar-refractivity contribution in [3.8, 4) is 0 Å². The first-order valence-electron chi connectivity index (χ1n) is 4.93. The Morgan fingerprint density at radius 1 is 1.56 bits per heavy atom. The molecular weight excluding hydrogens is 319 g/mol. The summed E-state index contributed by atoms with van der Waals surface area (Å²) in [5.41, 5.74) is 0.285. The molecule has 2 heterocycles. The Balaban J connectivity index is 2.37. The Labute approximate surface area is 106 Å². The molecule has 0 saturated heterocycles. The van der Waals surface area contributed by atoms with Gasteiger partial charge in [0, 0.05) is 6.54 Å². The molecule has 84 valence electrons. The van der Waals surface area contributed by atoms with Crippen molar-refractivity contribution in [1.82, 2.24) is 19.2 Å². The van der Waals surface area contributed by atoms with E-state index in [-0.39, 0.29) is 5.56 Å². The van der Waals surface area contributed by atoms with Gasteiger partial charge in [-0.25, -0.2) is 9.50 Å². The van der Waals surface area contributed by atoms with E-state index in [0.717, 1.165) is 16.5 Å². The fourth-order valence-electron chi connectivity index (χ4n) is 1.44. The third kappa shape index (κ3) is 2.01. The number of aromatic nitrogens is 4. The molecule has 16 heavy (non-hydrogen) atoms. The molecule has 0 aliphatic rings. The van der Waals surface area contributed by atoms with Crippen LogP contribution in [-0.2, 0) is 6.54 Å². The van der Waals surface area contributed by atoms with Gasteiger partial charge in [0.2, 0.25) is 5.65 Å². The fraction of sp³-hybridized carbons (Fsp3) is 0.300. The highest BCUT2D eigenvalue weighted by atomic mass is 127. The minimum absolute atomic E-state index is 0.0954. The number of rotatable bonds is 4. The minimum Gasteiger partial charge on any atom is -0.295 e. The van der Waals surface area contributed by atoms with Crippen molar-refractivity contribution in [2.24, 2.45) is 0 Å². The summed E-state index contributed by atoms with van der Waals surface area (Å²) in [6.45, 7) is 4.30. The van der Waals surface area contributed by atoms with Crippen molar-refractivity contribution < 1.29 is 0 Å². The summed E-state index contributed by atoms with van der Waals surface area (Å²) in [7, 11) is 0. The van der Waals surface area contributed by atoms with Crippen LogP contribution >= 0.6 is 22.6 Å². The number of unbranched alkanes of at least 4 members (excludes halogenated alkanes) is 1. The van der Waals surface area contributed by atoms with E-state index in [1.807, 2.05) is 6.08 Å². The molecule has 0 N–H and O–H groups in total. The Morgan fingerprint density at radius 3 is 3.12 bits per heavy atom. The van der Waals surface area contributed by atoms with Crippen LogP contribution in [0.1, 0.15) is 12.8 Å². The first-order valence-corrected chi connectivity index (χ1v) is 6.01. The van der Waals surface area contributed by atoms with Gasteiger partial charge in [0.05, 0.1) is 6.20 Å². The number of aryl methyl sites for hydroxylation is 1. The van der Waals surface area contributed by atoms with Crippen molar-refractivity contribution in [3.63, 3.8) is 0 Å². The molecule has 0 unspecified atom stereocenters. The Bertz CT molecular complexity index is 572. The first-order chi connectivity index (χ1) is 7.74. The molecule has 0 radical (unpaired) electrons. The summed E-state index contributed by atoms with van der Waals surface area (Å²) in [6, 6.07) is 0. The second-order valence-corrected chi connectivity index (χ2v) is 4.48. The number of allylic oxidation sites excluding steroid dienone is 1. The zero-order valence-electron chi connectivity index (χ0n) is 8.64. The highest BCUT2D eigenvalue weighted by Crippen LogP contribution is 2.03. The molecule has 5 nitrogen and oxygen atoms in total. The van der Waals surface area contributed by atoms with E-state index in [9.17, 15) is 4.79 Å². The molecule has 2 aromatic heterocycles. The van der Waals surface area contributed by atoms with Crippen LogP contribution in [-0.4, -0.2) is 19.2 Å². The molecule has 6 heteroatoms. The Kier molecular flexibility index (Phi) is 3.37. The molecular formula is C10H11IN4O. The highest BCUT2D eigenvalue weighted by molar-refractivity contribution is 14.1. The van der Waals surface area contributed by atoms with Crippen molar-refractivity contribution in [2.45, 2.75) is 19.4 Å². The molecule has 0 atom stereocenters. The standard InChI is InChI=1S/C10H11IN4O/c1-2-3-4-5-14-7-13-15-8(11)6-12-9(15)10(14)16/h2,6-7H,1,3-5H2. The van der Waals surface area contributed by atoms with Crippen LogP contribution in [0.3, 0.4) is 0 Å². The third-order valence-corrected chi connectivity index (χ3v) is 3.00. The summed E-state index contributed by atoms with van der Waals surface area (Å²) >= 11 is 2.09. The maximum atomic E-state index is 11.9. The van der Waals surface area contributed by atoms with E-state index in [0.29, 0.717) is 12.2 Å². The second-order valence-electron chi connectivity index (χ2n) is 3.38. The van der Waals surface area contributed by atoms with Gasteiger partial charge in [0.25, 0.3) is 5.56 Å². The molecule has 0 saturated carbocycles. The lowest BCUT2D eigenvalue weighted by Crippen LogP contribution is -2.23. The van der Waals surface area contributed by atoms with Crippen molar-refractivity contribution in [3.05, 3.63) is 39.2 Å². The van der Waals surface area contributed by atoms with Gasteiger partial charge in [0.15, 0.2) is 0 Å². The summed E-state index contributed by atoms with van der Waals surface area (Å²) in [4.78, 5) is 16.0. The SMILES string of the molecule is C=CCCCn1cnn2c(I)cnc2c1=O.